The molecule has 0 radical (unpaired) electrons. The Hall–Kier alpha value is -2.57. The van der Waals surface area contributed by atoms with Crippen LogP contribution in [0.25, 0.3) is 0 Å². The van der Waals surface area contributed by atoms with Gasteiger partial charge in [0.25, 0.3) is 5.78 Å². The maximum absolute atomic E-state index is 11.2. The molecule has 1 aromatic carbocycles. The first-order valence-corrected chi connectivity index (χ1v) is 4.30. The van der Waals surface area contributed by atoms with E-state index in [0.717, 1.165) is 13.2 Å². The average Bonchev–Trinajstić information content (AvgIpc) is 2.27. The Labute approximate surface area is 94.9 Å². The van der Waals surface area contributed by atoms with Crippen LogP contribution >= 0.6 is 0 Å². The van der Waals surface area contributed by atoms with E-state index in [9.17, 15) is 24.6 Å². The van der Waals surface area contributed by atoms with Crippen molar-refractivity contribution in [3.63, 3.8) is 0 Å². The summed E-state index contributed by atoms with van der Waals surface area (Å²) in [5, 5.41) is 27.1. The number of carbonyl (C=O) groups is 3. The van der Waals surface area contributed by atoms with Gasteiger partial charge < -0.3 is 20.1 Å². The molecule has 0 fully saturated rings. The fourth-order valence-corrected chi connectivity index (χ4v) is 1.15. The lowest BCUT2D eigenvalue weighted by atomic mass is 10.0. The van der Waals surface area contributed by atoms with Crippen molar-refractivity contribution in [2.75, 3.05) is 7.11 Å². The van der Waals surface area contributed by atoms with Crippen molar-refractivity contribution in [2.45, 2.75) is 0 Å². The molecule has 0 aliphatic carbocycles. The number of ether oxygens (including phenoxy) is 1. The van der Waals surface area contributed by atoms with E-state index in [1.807, 2.05) is 0 Å². The van der Waals surface area contributed by atoms with Crippen molar-refractivity contribution in [3.05, 3.63) is 23.3 Å². The third kappa shape index (κ3) is 2.33. The number of rotatable bonds is 3. The second kappa shape index (κ2) is 4.52. The third-order valence-corrected chi connectivity index (χ3v) is 1.96. The molecule has 7 nitrogen and oxygen atoms in total. The molecule has 3 N–H and O–H groups in total. The average molecular weight is 240 g/mol. The lowest BCUT2D eigenvalue weighted by Gasteiger charge is -2.06. The van der Waals surface area contributed by atoms with Crippen LogP contribution in [0.1, 0.15) is 20.7 Å². The van der Waals surface area contributed by atoms with Crippen LogP contribution in [-0.2, 0) is 9.53 Å². The zero-order valence-electron chi connectivity index (χ0n) is 8.63. The van der Waals surface area contributed by atoms with Gasteiger partial charge in [-0.1, -0.05) is 0 Å². The predicted octanol–water partition coefficient (Wildman–Crippen LogP) is 0.152. The van der Waals surface area contributed by atoms with Gasteiger partial charge in [-0.05, 0) is 6.07 Å². The number of methoxy groups -OCH3 is 1. The Morgan fingerprint density at radius 1 is 1.06 bits per heavy atom. The quantitative estimate of drug-likeness (QED) is 0.390. The molecule has 0 spiro atoms. The normalized spacial score (nSPS) is 9.71. The molecule has 0 atom stereocenters. The second-order valence-electron chi connectivity index (χ2n) is 3.01. The van der Waals surface area contributed by atoms with Gasteiger partial charge in [0.1, 0.15) is 17.1 Å². The maximum Gasteiger partial charge on any atom is 0.377 e. The standard InChI is InChI=1S/C10H8O7/c1-17-10(16)5-2-4(8(13)9(14)15)6(11)3-7(5)12/h2-3,11-12H,1H3,(H,14,15). The van der Waals surface area contributed by atoms with E-state index in [2.05, 4.69) is 4.74 Å². The van der Waals surface area contributed by atoms with Crippen molar-refractivity contribution in [1.82, 2.24) is 0 Å². The number of hydrogen-bond acceptors (Lipinski definition) is 6. The fourth-order valence-electron chi connectivity index (χ4n) is 1.15. The summed E-state index contributed by atoms with van der Waals surface area (Å²) in [5.74, 6) is -5.49. The first-order chi connectivity index (χ1) is 7.88. The van der Waals surface area contributed by atoms with Gasteiger partial charge in [-0.3, -0.25) is 4.79 Å². The van der Waals surface area contributed by atoms with Gasteiger partial charge >= 0.3 is 11.9 Å². The zero-order valence-corrected chi connectivity index (χ0v) is 8.63. The van der Waals surface area contributed by atoms with Crippen LogP contribution in [0, 0.1) is 0 Å². The maximum atomic E-state index is 11.2. The van der Waals surface area contributed by atoms with Crippen LogP contribution in [0.3, 0.4) is 0 Å². The van der Waals surface area contributed by atoms with Crippen LogP contribution in [0.2, 0.25) is 0 Å². The summed E-state index contributed by atoms with van der Waals surface area (Å²) >= 11 is 0. The summed E-state index contributed by atoms with van der Waals surface area (Å²) < 4.78 is 4.31. The number of phenols is 2. The summed E-state index contributed by atoms with van der Waals surface area (Å²) in [6, 6.07) is 1.45. The van der Waals surface area contributed by atoms with Crippen LogP contribution in [0.15, 0.2) is 12.1 Å². The number of phenolic OH excluding ortho intramolecular Hbond substituents is 2. The van der Waals surface area contributed by atoms with E-state index in [1.165, 1.54) is 0 Å². The molecule has 0 saturated heterocycles. The minimum atomic E-state index is -1.79. The molecular weight excluding hydrogens is 232 g/mol. The molecule has 0 amide bonds. The lowest BCUT2D eigenvalue weighted by molar-refractivity contribution is -0.131. The third-order valence-electron chi connectivity index (χ3n) is 1.96. The number of carbonyl (C=O) groups excluding carboxylic acids is 2. The Bertz CT molecular complexity index is 504. The highest BCUT2D eigenvalue weighted by Crippen LogP contribution is 2.28. The minimum absolute atomic E-state index is 0.408. The van der Waals surface area contributed by atoms with Crippen molar-refractivity contribution in [3.8, 4) is 11.5 Å². The van der Waals surface area contributed by atoms with Crippen LogP contribution < -0.4 is 0 Å². The summed E-state index contributed by atoms with van der Waals surface area (Å²) in [4.78, 5) is 32.8. The van der Waals surface area contributed by atoms with Gasteiger partial charge in [0.05, 0.1) is 12.7 Å². The number of aliphatic carboxylic acids is 1. The molecule has 17 heavy (non-hydrogen) atoms. The molecule has 0 bridgehead atoms. The summed E-state index contributed by atoms with van der Waals surface area (Å²) in [5.41, 5.74) is -1.01. The van der Waals surface area contributed by atoms with Crippen LogP contribution in [0.5, 0.6) is 11.5 Å². The van der Waals surface area contributed by atoms with E-state index in [-0.39, 0.29) is 0 Å². The number of esters is 1. The lowest BCUT2D eigenvalue weighted by Crippen LogP contribution is -2.14. The van der Waals surface area contributed by atoms with Crippen molar-refractivity contribution >= 4 is 17.7 Å². The molecule has 0 aliphatic heterocycles. The first kappa shape index (κ1) is 12.5. The van der Waals surface area contributed by atoms with E-state index in [1.54, 1.807) is 0 Å². The summed E-state index contributed by atoms with van der Waals surface area (Å²) in [6.45, 7) is 0. The Kier molecular flexibility index (Phi) is 3.32. The van der Waals surface area contributed by atoms with Crippen molar-refractivity contribution in [1.29, 1.82) is 0 Å². The molecule has 0 aliphatic rings. The molecule has 0 aromatic heterocycles. The topological polar surface area (TPSA) is 121 Å². The molecule has 0 saturated carbocycles. The Balaban J connectivity index is 3.38. The highest BCUT2D eigenvalue weighted by atomic mass is 16.5. The highest BCUT2D eigenvalue weighted by molar-refractivity contribution is 6.40. The fraction of sp³-hybridized carbons (Fsp3) is 0.100. The molecule has 1 aromatic rings. The van der Waals surface area contributed by atoms with Gasteiger partial charge in [-0.2, -0.15) is 0 Å². The summed E-state index contributed by atoms with van der Waals surface area (Å²) in [7, 11) is 1.05. The molecule has 7 heteroatoms. The molecule has 1 rings (SSSR count). The monoisotopic (exact) mass is 240 g/mol. The number of Topliss-reactive ketones (excluding diaryl/α,β-unsaturated/α-hetero) is 1. The number of carboxylic acid groups (broad SMARTS) is 1. The molecule has 0 unspecified atom stereocenters. The SMILES string of the molecule is COC(=O)c1cc(C(=O)C(=O)O)c(O)cc1O. The highest BCUT2D eigenvalue weighted by Gasteiger charge is 2.23. The molecule has 0 heterocycles. The van der Waals surface area contributed by atoms with Crippen molar-refractivity contribution < 1.29 is 34.4 Å². The Morgan fingerprint density at radius 3 is 2.06 bits per heavy atom. The van der Waals surface area contributed by atoms with Gasteiger partial charge in [0.15, 0.2) is 0 Å². The van der Waals surface area contributed by atoms with Gasteiger partial charge in [-0.15, -0.1) is 0 Å². The van der Waals surface area contributed by atoms with E-state index in [4.69, 9.17) is 5.11 Å². The number of hydrogen-bond donors (Lipinski definition) is 3. The zero-order chi connectivity index (χ0) is 13.2. The van der Waals surface area contributed by atoms with E-state index < -0.39 is 40.3 Å². The minimum Gasteiger partial charge on any atom is -0.507 e. The number of aromatic hydroxyl groups is 2. The number of ketones is 1. The predicted molar refractivity (Wildman–Crippen MR) is 53.1 cm³/mol. The first-order valence-electron chi connectivity index (χ1n) is 4.30. The Morgan fingerprint density at radius 2 is 1.59 bits per heavy atom. The van der Waals surface area contributed by atoms with Gasteiger partial charge in [-0.25, -0.2) is 9.59 Å². The van der Waals surface area contributed by atoms with Crippen molar-refractivity contribution in [2.24, 2.45) is 0 Å². The van der Waals surface area contributed by atoms with Crippen LogP contribution in [0.4, 0.5) is 0 Å². The number of carboxylic acids is 1. The van der Waals surface area contributed by atoms with E-state index in [0.29, 0.717) is 6.07 Å². The molecule has 90 valence electrons. The second-order valence-corrected chi connectivity index (χ2v) is 3.01. The smallest absolute Gasteiger partial charge is 0.377 e. The van der Waals surface area contributed by atoms with Gasteiger partial charge in [0.2, 0.25) is 0 Å². The largest absolute Gasteiger partial charge is 0.507 e. The summed E-state index contributed by atoms with van der Waals surface area (Å²) in [6.07, 6.45) is 0. The molecular formula is C10H8O7. The van der Waals surface area contributed by atoms with E-state index >= 15 is 0 Å². The number of benzene rings is 1. The van der Waals surface area contributed by atoms with Gasteiger partial charge in [0, 0.05) is 6.07 Å². The van der Waals surface area contributed by atoms with Crippen LogP contribution in [-0.4, -0.2) is 40.2 Å².